The number of unbranched alkanes of at least 4 members (excludes halogenated alkanes) is 3. The van der Waals surface area contributed by atoms with Gasteiger partial charge in [0.25, 0.3) is 11.8 Å². The number of thiazole rings is 8. The van der Waals surface area contributed by atoms with Crippen molar-refractivity contribution in [3.63, 3.8) is 0 Å². The predicted molar refractivity (Wildman–Crippen MR) is 591 cm³/mol. The van der Waals surface area contributed by atoms with Gasteiger partial charge in [0.15, 0.2) is 52.0 Å². The zero-order valence-corrected chi connectivity index (χ0v) is 97.9. The molecule has 0 bridgehead atoms. The van der Waals surface area contributed by atoms with Gasteiger partial charge in [0.05, 0.1) is 56.1 Å². The van der Waals surface area contributed by atoms with E-state index in [0.717, 1.165) is 114 Å². The smallest absolute Gasteiger partial charge is 0.287 e. The average molecular weight is 2310 g/mol. The fraction of sp³-hybridized carbons (Fsp3) is 0.535. The van der Waals surface area contributed by atoms with Crippen LogP contribution in [0.15, 0.2) is 32.3 Å². The number of hydroxylamine groups is 2. The second-order valence-corrected chi connectivity index (χ2v) is 47.0. The second kappa shape index (κ2) is 73.5. The number of nitrogens with one attached hydrogen (secondary N) is 5. The summed E-state index contributed by atoms with van der Waals surface area (Å²) in [5.74, 6) is -2.33. The van der Waals surface area contributed by atoms with Crippen LogP contribution in [-0.2, 0) is 28.9 Å². The lowest BCUT2D eigenvalue weighted by molar-refractivity contribution is -0.121. The van der Waals surface area contributed by atoms with Gasteiger partial charge in [0.1, 0.15) is 82.6 Å². The fourth-order valence-electron chi connectivity index (χ4n) is 11.9. The van der Waals surface area contributed by atoms with Crippen LogP contribution in [0.5, 0.6) is 0 Å². The number of amides is 5. The maximum absolute atomic E-state index is 13.3. The number of primary amides is 2. The third-order valence-corrected chi connectivity index (χ3v) is 29.4. The van der Waals surface area contributed by atoms with E-state index < -0.39 is 34.0 Å². The van der Waals surface area contributed by atoms with Gasteiger partial charge in [-0.1, -0.05) is 79.2 Å². The molecule has 1 fully saturated rings. The number of carbonyl (C=O) groups is 14. The summed E-state index contributed by atoms with van der Waals surface area (Å²) in [6.07, 6.45) is 15.4. The Morgan fingerprint density at radius 3 is 1.07 bits per heavy atom. The van der Waals surface area contributed by atoms with E-state index in [1.807, 2.05) is 88.7 Å². The lowest BCUT2D eigenvalue weighted by Crippen LogP contribution is -2.33. The van der Waals surface area contributed by atoms with Crippen LogP contribution < -0.4 is 38.4 Å². The van der Waals surface area contributed by atoms with Crippen LogP contribution in [0.25, 0.3) is 0 Å². The maximum Gasteiger partial charge on any atom is 0.287 e. The van der Waals surface area contributed by atoms with Crippen LogP contribution in [0, 0.1) is 87.1 Å². The summed E-state index contributed by atoms with van der Waals surface area (Å²) in [7, 11) is 5.24. The molecule has 0 atom stereocenters. The van der Waals surface area contributed by atoms with E-state index in [1.165, 1.54) is 143 Å². The Bertz CT molecular complexity index is 5700. The van der Waals surface area contributed by atoms with Crippen molar-refractivity contribution in [3.8, 4) is 0 Å². The minimum absolute atomic E-state index is 0.00334. The second-order valence-electron chi connectivity index (χ2n) is 34.4. The fourth-order valence-corrected chi connectivity index (χ4v) is 20.2. The first kappa shape index (κ1) is 135. The molecule has 10 aromatic rings. The van der Waals surface area contributed by atoms with Crippen molar-refractivity contribution in [2.75, 3.05) is 67.1 Å². The van der Waals surface area contributed by atoms with Gasteiger partial charge in [0, 0.05) is 112 Å². The molecule has 5 amide bonds. The van der Waals surface area contributed by atoms with Gasteiger partial charge in [-0.2, -0.15) is 4.39 Å². The minimum atomic E-state index is -1.04. The van der Waals surface area contributed by atoms with E-state index in [1.54, 1.807) is 61.6 Å². The van der Waals surface area contributed by atoms with Crippen molar-refractivity contribution >= 4 is 230 Å². The zero-order valence-electron chi connectivity index (χ0n) is 87.5. The number of carbonyl (C=O) groups excluding carboxylic acids is 14. The minimum Gasteiger partial charge on any atom is -0.388 e. The van der Waals surface area contributed by atoms with Crippen LogP contribution in [0.2, 0.25) is 13.0 Å². The molecule has 148 heavy (non-hydrogen) atoms. The Labute approximate surface area is 919 Å². The summed E-state index contributed by atoms with van der Waals surface area (Å²) in [5, 5.41) is 43.7. The Morgan fingerprint density at radius 1 is 0.399 bits per heavy atom. The maximum atomic E-state index is 13.3. The van der Waals surface area contributed by atoms with E-state index in [-0.39, 0.29) is 126 Å². The molecule has 0 aliphatic carbocycles. The van der Waals surface area contributed by atoms with E-state index in [0.29, 0.717) is 139 Å². The molecular weight excluding hydrogens is 2170 g/mol. The number of aromatic nitrogens is 8. The van der Waals surface area contributed by atoms with Gasteiger partial charge in [0.2, 0.25) is 22.9 Å². The summed E-state index contributed by atoms with van der Waals surface area (Å²) in [6.45, 7) is 35.4. The lowest BCUT2D eigenvalue weighted by Gasteiger charge is -2.16. The topological polar surface area (TPSA) is 516 Å². The Morgan fingerprint density at radius 2 is 0.750 bits per heavy atom. The zero-order chi connectivity index (χ0) is 112. The molecule has 0 spiro atoms. The summed E-state index contributed by atoms with van der Waals surface area (Å²) in [5.41, 5.74) is 18.1. The molecular formula is C99H139Cl3F2N16O18S10. The third kappa shape index (κ3) is 57.7. The largest absolute Gasteiger partial charge is 0.388 e. The standard InChI is InChI=1S/C12H17ClN2OS.C11H16ClNOS.C11H17NO3S.C11H15NO2S.C10H14FNO3S.C9H13ClN2OS.C9H13FN2OS.2C9H12N2O2S.C8H10N2O2S/c1-9-14-11(12(13)17-9)10(16)5-4-8-15-6-2-3-7-15;1-3-4-5-6-7-9(14)10-11(12)15-8(2)13-10;1-7-5-16-9(8(7)2)10(13)12-15-6-11(3,4)14;1-3-9(13)5-4-6-11(14)10-7-15-8(2)12-10;1-6-4-16-8(7(6)11)9(13)12-15-5-10(2,3)14;2*1-6-12-8(9(10)14-6)7(13)4-3-5-11-2;1-6-11-7(5-14-6)8(12)3-4-9(13)10-2;1-6-11-7(5-14-6)8(12)3-2-4-9(10)13;1-5-10-6(4-13-5)7(11)2-3-8(9)12/h2-8H2,1H3;3-7H2,1-2H3;5,14H,6H2,1-4H3,(H,12,13);7H,3-6H2,1-2H3;4,14H,5H2,1-3H3,(H,12,13);2*11H,3-5H2,1-2H3;5H,3-4H2,1-2H3,(H,10,13);5H,2-4H2,1H3,(H2,10,13);4H,2-3H2,1H3,(H2,9,12). The number of halogens is 5. The van der Waals surface area contributed by atoms with Crippen molar-refractivity contribution < 1.29 is 95.8 Å². The number of hydrogen-bond acceptors (Lipinski definition) is 39. The van der Waals surface area contributed by atoms with Gasteiger partial charge in [-0.15, -0.1) is 102 Å². The monoisotopic (exact) mass is 2300 g/mol. The van der Waals surface area contributed by atoms with Crippen LogP contribution >= 0.6 is 148 Å². The lowest BCUT2D eigenvalue weighted by atomic mass is 10.1. The first-order valence-corrected chi connectivity index (χ1v) is 57.2. The highest BCUT2D eigenvalue weighted by atomic mass is 35.5. The van der Waals surface area contributed by atoms with Crippen LogP contribution in [0.3, 0.4) is 0 Å². The molecule has 0 aromatic carbocycles. The predicted octanol–water partition coefficient (Wildman–Crippen LogP) is 21.0. The molecule has 10 aromatic heterocycles. The molecule has 1 aliphatic heterocycles. The van der Waals surface area contributed by atoms with Crippen molar-refractivity contribution in [3.05, 3.63) is 168 Å². The van der Waals surface area contributed by atoms with Gasteiger partial charge in [-0.3, -0.25) is 76.8 Å². The SMILES string of the molecule is CCC(=O)CCCC(=O)c1csc(C)n1.CCCCCCC(=O)c1nc(C)sc1Cl.CNC(=O)CCC(=O)c1csc(C)n1.CNCCCC(=O)c1nc(C)sc1Cl.CNCCCC(=O)c1nc(C)sc1F.Cc1csc(C(=O)NOCC(C)(C)O)c1C.Cc1csc(C(=O)NOCC(C)(C)O)c1F.Cc1nc(C(=O)CCC(N)=O)cs1.Cc1nc(C(=O)CCCC(N)=O)cs1.Cc1nc(C(=O)CCCN2CCCC2)c(Cl)s1. The number of Topliss-reactive ketones (excluding diaryl/α,β-unsaturated/α-hetero) is 9. The van der Waals surface area contributed by atoms with Gasteiger partial charge in [-0.25, -0.2) is 55.2 Å². The molecule has 1 saturated heterocycles. The number of rotatable bonds is 48. The number of nitrogens with two attached hydrogens (primary N) is 2. The molecule has 0 radical (unpaired) electrons. The number of aliphatic hydroxyl groups is 2. The molecule has 0 saturated carbocycles. The average Bonchev–Trinajstić information content (AvgIpc) is 1.73. The summed E-state index contributed by atoms with van der Waals surface area (Å²) in [6, 6.07) is 0. The van der Waals surface area contributed by atoms with E-state index in [9.17, 15) is 86.1 Å². The summed E-state index contributed by atoms with van der Waals surface area (Å²) in [4.78, 5) is 203. The Balaban J connectivity index is 0.000000556. The van der Waals surface area contributed by atoms with E-state index in [4.69, 9.17) is 55.9 Å². The quantitative estimate of drug-likeness (QED) is 0.00971. The summed E-state index contributed by atoms with van der Waals surface area (Å²) < 4.78 is 28.0. The van der Waals surface area contributed by atoms with Crippen molar-refractivity contribution in [2.24, 2.45) is 11.5 Å². The third-order valence-electron chi connectivity index (χ3n) is 19.8. The Hall–Kier alpha value is -8.73. The first-order chi connectivity index (χ1) is 69.7. The Kier molecular flexibility index (Phi) is 67.2. The van der Waals surface area contributed by atoms with Crippen LogP contribution in [0.1, 0.15) is 356 Å². The van der Waals surface area contributed by atoms with Crippen molar-refractivity contribution in [2.45, 2.75) is 283 Å². The number of hydrogen-bond donors (Lipinski definition) is 9. The molecule has 11 rings (SSSR count). The molecule has 34 nitrogen and oxygen atoms in total. The first-order valence-electron chi connectivity index (χ1n) is 47.5. The van der Waals surface area contributed by atoms with Gasteiger partial charge < -0.3 is 42.5 Å². The molecule has 11 heterocycles. The number of likely N-dealkylation sites (tertiary alicyclic amines) is 1. The molecule has 1 aliphatic rings. The molecule has 49 heteroatoms. The molecule has 11 N–H and O–H groups in total. The van der Waals surface area contributed by atoms with Gasteiger partial charge in [-0.05, 0) is 229 Å². The normalized spacial score (nSPS) is 11.3. The highest BCUT2D eigenvalue weighted by molar-refractivity contribution is 7.17. The van der Waals surface area contributed by atoms with Crippen LogP contribution in [-0.4, -0.2) is 215 Å². The van der Waals surface area contributed by atoms with Gasteiger partial charge >= 0.3 is 0 Å². The summed E-state index contributed by atoms with van der Waals surface area (Å²) >= 11 is 31.0. The van der Waals surface area contributed by atoms with E-state index in [2.05, 4.69) is 78.6 Å². The highest BCUT2D eigenvalue weighted by Gasteiger charge is 2.25. The molecule has 818 valence electrons. The van der Waals surface area contributed by atoms with Crippen LogP contribution in [0.4, 0.5) is 8.78 Å². The number of aryl methyl sites for hydroxylation is 10. The highest BCUT2D eigenvalue weighted by Crippen LogP contribution is 2.30. The number of nitrogens with zero attached hydrogens (tertiary/aromatic N) is 9. The van der Waals surface area contributed by atoms with E-state index >= 15 is 0 Å². The van der Waals surface area contributed by atoms with Crippen molar-refractivity contribution in [1.29, 1.82) is 0 Å². The number of ketones is 9. The molecule has 0 unspecified atom stereocenters. The van der Waals surface area contributed by atoms with Crippen molar-refractivity contribution in [1.82, 2.24) is 71.7 Å². The number of thiophene rings is 2.